The second-order valence-corrected chi connectivity index (χ2v) is 1.48. The normalized spacial score (nSPS) is 16.8. The lowest BCUT2D eigenvalue weighted by Crippen LogP contribution is -1.85. The summed E-state index contributed by atoms with van der Waals surface area (Å²) in [7, 11) is 1.57. The minimum Gasteiger partial charge on any atom is -0.493 e. The van der Waals surface area contributed by atoms with Crippen molar-refractivity contribution in [2.75, 3.05) is 13.9 Å². The zero-order valence-corrected chi connectivity index (χ0v) is 5.16. The summed E-state index contributed by atoms with van der Waals surface area (Å²) < 4.78 is 14.5. The minimum absolute atomic E-state index is 0.253. The standard InChI is InChI=1S/C6H8O3/c1-7-6-2-3-8-5-9-4-6/h2-4H,5H2,1H3. The van der Waals surface area contributed by atoms with Gasteiger partial charge in [0.05, 0.1) is 13.4 Å². The van der Waals surface area contributed by atoms with Crippen LogP contribution in [0.5, 0.6) is 0 Å². The highest BCUT2D eigenvalue weighted by molar-refractivity contribution is 5.07. The second-order valence-electron chi connectivity index (χ2n) is 1.48. The number of rotatable bonds is 1. The summed E-state index contributed by atoms with van der Waals surface area (Å²) in [4.78, 5) is 0. The number of hydrogen-bond donors (Lipinski definition) is 0. The van der Waals surface area contributed by atoms with Crippen molar-refractivity contribution >= 4 is 0 Å². The highest BCUT2D eigenvalue weighted by atomic mass is 16.7. The van der Waals surface area contributed by atoms with Gasteiger partial charge in [0.25, 0.3) is 0 Å². The molecule has 1 aliphatic rings. The van der Waals surface area contributed by atoms with E-state index in [1.807, 2.05) is 0 Å². The molecule has 0 bridgehead atoms. The Morgan fingerprint density at radius 2 is 2.44 bits per heavy atom. The first-order valence-electron chi connectivity index (χ1n) is 2.57. The van der Waals surface area contributed by atoms with Crippen molar-refractivity contribution in [3.8, 4) is 0 Å². The summed E-state index contributed by atoms with van der Waals surface area (Å²) in [5.74, 6) is 0.660. The Bertz CT molecular complexity index is 137. The SMILES string of the molecule is COC1=COCOC=C1. The third-order valence-electron chi connectivity index (χ3n) is 0.900. The van der Waals surface area contributed by atoms with E-state index in [2.05, 4.69) is 0 Å². The lowest BCUT2D eigenvalue weighted by molar-refractivity contribution is 0.0458. The molecule has 0 spiro atoms. The first kappa shape index (κ1) is 6.01. The zero-order valence-electron chi connectivity index (χ0n) is 5.16. The molecule has 0 atom stereocenters. The fourth-order valence-corrected chi connectivity index (χ4v) is 0.465. The van der Waals surface area contributed by atoms with Crippen LogP contribution in [0.1, 0.15) is 0 Å². The van der Waals surface area contributed by atoms with E-state index in [1.54, 1.807) is 13.2 Å². The van der Waals surface area contributed by atoms with Gasteiger partial charge in [0.1, 0.15) is 6.26 Å². The maximum Gasteiger partial charge on any atom is 0.229 e. The van der Waals surface area contributed by atoms with Crippen molar-refractivity contribution in [3.63, 3.8) is 0 Å². The van der Waals surface area contributed by atoms with Crippen molar-refractivity contribution in [2.24, 2.45) is 0 Å². The largest absolute Gasteiger partial charge is 0.493 e. The summed E-state index contributed by atoms with van der Waals surface area (Å²) in [5, 5.41) is 0. The van der Waals surface area contributed by atoms with Gasteiger partial charge in [-0.2, -0.15) is 0 Å². The Morgan fingerprint density at radius 1 is 1.56 bits per heavy atom. The van der Waals surface area contributed by atoms with E-state index in [0.717, 1.165) is 0 Å². The van der Waals surface area contributed by atoms with Crippen LogP contribution in [0.4, 0.5) is 0 Å². The van der Waals surface area contributed by atoms with Crippen molar-refractivity contribution in [1.82, 2.24) is 0 Å². The van der Waals surface area contributed by atoms with E-state index in [1.165, 1.54) is 12.5 Å². The van der Waals surface area contributed by atoms with Crippen molar-refractivity contribution in [2.45, 2.75) is 0 Å². The Labute approximate surface area is 53.5 Å². The van der Waals surface area contributed by atoms with E-state index in [0.29, 0.717) is 5.76 Å². The van der Waals surface area contributed by atoms with E-state index in [-0.39, 0.29) is 6.79 Å². The summed E-state index contributed by atoms with van der Waals surface area (Å²) in [6.07, 6.45) is 4.72. The lowest BCUT2D eigenvalue weighted by Gasteiger charge is -1.96. The maximum absolute atomic E-state index is 4.84. The van der Waals surface area contributed by atoms with Crippen molar-refractivity contribution in [3.05, 3.63) is 24.4 Å². The van der Waals surface area contributed by atoms with E-state index in [4.69, 9.17) is 14.2 Å². The molecule has 1 heterocycles. The van der Waals surface area contributed by atoms with Gasteiger partial charge in [0.2, 0.25) is 6.79 Å². The Morgan fingerprint density at radius 3 is 3.22 bits per heavy atom. The molecule has 3 nitrogen and oxygen atoms in total. The first-order chi connectivity index (χ1) is 4.43. The Kier molecular flexibility index (Phi) is 2.01. The van der Waals surface area contributed by atoms with Crippen LogP contribution in [0.2, 0.25) is 0 Å². The molecule has 0 fully saturated rings. The van der Waals surface area contributed by atoms with Crippen LogP contribution < -0.4 is 0 Å². The average molecular weight is 128 g/mol. The topological polar surface area (TPSA) is 27.7 Å². The van der Waals surface area contributed by atoms with Crippen LogP contribution >= 0.6 is 0 Å². The molecule has 0 unspecified atom stereocenters. The smallest absolute Gasteiger partial charge is 0.229 e. The van der Waals surface area contributed by atoms with Gasteiger partial charge in [0, 0.05) is 6.08 Å². The molecule has 0 aromatic heterocycles. The molecular formula is C6H8O3. The molecule has 3 heteroatoms. The minimum atomic E-state index is 0.253. The van der Waals surface area contributed by atoms with Gasteiger partial charge in [-0.3, -0.25) is 0 Å². The molecular weight excluding hydrogens is 120 g/mol. The van der Waals surface area contributed by atoms with Gasteiger partial charge in [-0.25, -0.2) is 0 Å². The summed E-state index contributed by atoms with van der Waals surface area (Å²) >= 11 is 0. The lowest BCUT2D eigenvalue weighted by atomic mass is 10.5. The third kappa shape index (κ3) is 1.68. The molecule has 50 valence electrons. The molecule has 1 rings (SSSR count). The molecule has 0 aliphatic carbocycles. The quantitative estimate of drug-likeness (QED) is 0.527. The first-order valence-corrected chi connectivity index (χ1v) is 2.57. The molecule has 1 aliphatic heterocycles. The van der Waals surface area contributed by atoms with Crippen LogP contribution in [0.3, 0.4) is 0 Å². The number of allylic oxidation sites excluding steroid dienone is 1. The van der Waals surface area contributed by atoms with Crippen LogP contribution in [0, 0.1) is 0 Å². The number of hydrogen-bond acceptors (Lipinski definition) is 3. The predicted octanol–water partition coefficient (Wildman–Crippen LogP) is 0.992. The molecule has 0 amide bonds. The third-order valence-corrected chi connectivity index (χ3v) is 0.900. The average Bonchev–Trinajstić information content (AvgIpc) is 2.13. The highest BCUT2D eigenvalue weighted by Crippen LogP contribution is 2.01. The Hall–Kier alpha value is -1.12. The highest BCUT2D eigenvalue weighted by Gasteiger charge is 1.93. The molecule has 0 aromatic rings. The van der Waals surface area contributed by atoms with Crippen LogP contribution in [0.15, 0.2) is 24.4 Å². The molecule has 0 radical (unpaired) electrons. The summed E-state index contributed by atoms with van der Waals surface area (Å²) in [5.41, 5.74) is 0. The fraction of sp³-hybridized carbons (Fsp3) is 0.333. The van der Waals surface area contributed by atoms with Crippen LogP contribution in [-0.4, -0.2) is 13.9 Å². The second kappa shape index (κ2) is 3.02. The fourth-order valence-electron chi connectivity index (χ4n) is 0.465. The number of ether oxygens (including phenoxy) is 3. The van der Waals surface area contributed by atoms with Crippen LogP contribution in [-0.2, 0) is 14.2 Å². The van der Waals surface area contributed by atoms with Gasteiger partial charge >= 0.3 is 0 Å². The summed E-state index contributed by atoms with van der Waals surface area (Å²) in [6.45, 7) is 0.253. The van der Waals surface area contributed by atoms with E-state index in [9.17, 15) is 0 Å². The van der Waals surface area contributed by atoms with Crippen LogP contribution in [0.25, 0.3) is 0 Å². The van der Waals surface area contributed by atoms with Gasteiger partial charge in [0.15, 0.2) is 5.76 Å². The zero-order chi connectivity index (χ0) is 6.53. The molecule has 0 N–H and O–H groups in total. The van der Waals surface area contributed by atoms with Gasteiger partial charge in [-0.05, 0) is 0 Å². The molecule has 0 saturated heterocycles. The van der Waals surface area contributed by atoms with Gasteiger partial charge in [-0.15, -0.1) is 0 Å². The van der Waals surface area contributed by atoms with E-state index < -0.39 is 0 Å². The molecule has 9 heavy (non-hydrogen) atoms. The maximum atomic E-state index is 4.84. The van der Waals surface area contributed by atoms with Gasteiger partial charge < -0.3 is 14.2 Å². The van der Waals surface area contributed by atoms with Crippen molar-refractivity contribution < 1.29 is 14.2 Å². The van der Waals surface area contributed by atoms with Gasteiger partial charge in [-0.1, -0.05) is 0 Å². The monoisotopic (exact) mass is 128 g/mol. The van der Waals surface area contributed by atoms with E-state index >= 15 is 0 Å². The predicted molar refractivity (Wildman–Crippen MR) is 31.3 cm³/mol. The van der Waals surface area contributed by atoms with Crippen molar-refractivity contribution in [1.29, 1.82) is 0 Å². The Balaban J connectivity index is 2.53. The number of methoxy groups -OCH3 is 1. The molecule has 0 saturated carbocycles. The molecule has 0 aromatic carbocycles. The summed E-state index contributed by atoms with van der Waals surface area (Å²) in [6, 6.07) is 0.